The van der Waals surface area contributed by atoms with Gasteiger partial charge in [0.15, 0.2) is 0 Å². The van der Waals surface area contributed by atoms with Crippen LogP contribution in [-0.4, -0.2) is 41.4 Å². The molecule has 1 aliphatic heterocycles. The van der Waals surface area contributed by atoms with Gasteiger partial charge in [-0.3, -0.25) is 4.79 Å². The van der Waals surface area contributed by atoms with Gasteiger partial charge in [-0.25, -0.2) is 4.98 Å². The van der Waals surface area contributed by atoms with Crippen LogP contribution in [0.3, 0.4) is 0 Å². The zero-order chi connectivity index (χ0) is 18.7. The van der Waals surface area contributed by atoms with Crippen molar-refractivity contribution < 1.29 is 27.4 Å². The second kappa shape index (κ2) is 7.63. The van der Waals surface area contributed by atoms with E-state index >= 15 is 0 Å². The highest BCUT2D eigenvalue weighted by molar-refractivity contribution is 5.78. The molecule has 1 atom stereocenters. The highest BCUT2D eigenvalue weighted by atomic mass is 19.4. The summed E-state index contributed by atoms with van der Waals surface area (Å²) in [7, 11) is 1.69. The molecule has 9 heteroatoms. The number of aromatic nitrogens is 2. The van der Waals surface area contributed by atoms with E-state index in [9.17, 15) is 18.0 Å². The van der Waals surface area contributed by atoms with Crippen LogP contribution >= 0.6 is 0 Å². The third-order valence-corrected chi connectivity index (χ3v) is 4.31. The molecule has 0 radical (unpaired) electrons. The lowest BCUT2D eigenvalue weighted by Gasteiger charge is -2.10. The maximum absolute atomic E-state index is 12.8. The van der Waals surface area contributed by atoms with Crippen molar-refractivity contribution in [3.63, 3.8) is 0 Å². The molecule has 1 N–H and O–H groups in total. The van der Waals surface area contributed by atoms with Crippen LogP contribution in [0.4, 0.5) is 13.2 Å². The third kappa shape index (κ3) is 4.34. The molecule has 6 nitrogen and oxygen atoms in total. The first kappa shape index (κ1) is 18.7. The number of benzene rings is 1. The van der Waals surface area contributed by atoms with Gasteiger partial charge in [0.1, 0.15) is 12.4 Å². The molecule has 1 saturated heterocycles. The maximum Gasteiger partial charge on any atom is 0.416 e. The van der Waals surface area contributed by atoms with Gasteiger partial charge >= 0.3 is 6.18 Å². The zero-order valence-electron chi connectivity index (χ0n) is 14.3. The van der Waals surface area contributed by atoms with Crippen molar-refractivity contribution in [1.29, 1.82) is 0 Å². The lowest BCUT2D eigenvalue weighted by atomic mass is 10.2. The predicted molar refractivity (Wildman–Crippen MR) is 87.4 cm³/mol. The highest BCUT2D eigenvalue weighted by Gasteiger charge is 2.31. The number of fused-ring (bicyclic) bond motifs is 1. The largest absolute Gasteiger partial charge is 0.416 e. The number of carbonyl (C=O) groups excluding carboxylic acids is 1. The van der Waals surface area contributed by atoms with E-state index in [-0.39, 0.29) is 30.7 Å². The van der Waals surface area contributed by atoms with E-state index in [4.69, 9.17) is 9.47 Å². The van der Waals surface area contributed by atoms with E-state index in [0.717, 1.165) is 31.6 Å². The number of nitrogens with zero attached hydrogens (tertiary/aromatic N) is 2. The van der Waals surface area contributed by atoms with E-state index in [0.29, 0.717) is 17.9 Å². The Morgan fingerprint density at radius 3 is 2.96 bits per heavy atom. The number of hydrogen-bond acceptors (Lipinski definition) is 4. The molecule has 0 saturated carbocycles. The highest BCUT2D eigenvalue weighted by Crippen LogP contribution is 2.31. The first-order valence-corrected chi connectivity index (χ1v) is 8.33. The smallest absolute Gasteiger partial charge is 0.376 e. The quantitative estimate of drug-likeness (QED) is 0.847. The number of carbonyl (C=O) groups is 1. The SMILES string of the molecule is Cn1c(CNC(=O)COCC2CCCO2)nc2cc(C(F)(F)F)ccc21. The molecule has 0 bridgehead atoms. The van der Waals surface area contributed by atoms with Crippen LogP contribution in [0.5, 0.6) is 0 Å². The number of ether oxygens (including phenoxy) is 2. The molecule has 2 heterocycles. The van der Waals surface area contributed by atoms with Crippen LogP contribution < -0.4 is 5.32 Å². The summed E-state index contributed by atoms with van der Waals surface area (Å²) in [5.74, 6) is 0.151. The second-order valence-electron chi connectivity index (χ2n) is 6.22. The van der Waals surface area contributed by atoms with Crippen molar-refractivity contribution in [2.75, 3.05) is 19.8 Å². The van der Waals surface area contributed by atoms with Crippen molar-refractivity contribution in [1.82, 2.24) is 14.9 Å². The number of alkyl halides is 3. The van der Waals surface area contributed by atoms with Gasteiger partial charge in [0.25, 0.3) is 0 Å². The van der Waals surface area contributed by atoms with E-state index < -0.39 is 11.7 Å². The summed E-state index contributed by atoms with van der Waals surface area (Å²) in [6.45, 7) is 1.11. The number of hydrogen-bond donors (Lipinski definition) is 1. The van der Waals surface area contributed by atoms with Gasteiger partial charge in [0, 0.05) is 13.7 Å². The molecule has 1 fully saturated rings. The van der Waals surface area contributed by atoms with E-state index in [1.807, 2.05) is 0 Å². The van der Waals surface area contributed by atoms with E-state index in [1.165, 1.54) is 6.07 Å². The average Bonchev–Trinajstić information content (AvgIpc) is 3.20. The molecule has 0 spiro atoms. The summed E-state index contributed by atoms with van der Waals surface area (Å²) in [5.41, 5.74) is 0.0549. The molecule has 1 aliphatic rings. The van der Waals surface area contributed by atoms with E-state index in [2.05, 4.69) is 10.3 Å². The topological polar surface area (TPSA) is 65.4 Å². The van der Waals surface area contributed by atoms with Crippen molar-refractivity contribution in [2.24, 2.45) is 7.05 Å². The van der Waals surface area contributed by atoms with Crippen LogP contribution in [0.1, 0.15) is 24.2 Å². The molecular weight excluding hydrogens is 351 g/mol. The van der Waals surface area contributed by atoms with Gasteiger partial charge in [-0.2, -0.15) is 13.2 Å². The number of aryl methyl sites for hydroxylation is 1. The van der Waals surface area contributed by atoms with Crippen molar-refractivity contribution in [3.8, 4) is 0 Å². The minimum atomic E-state index is -4.42. The van der Waals surface area contributed by atoms with Crippen molar-refractivity contribution in [2.45, 2.75) is 31.7 Å². The zero-order valence-corrected chi connectivity index (χ0v) is 14.3. The molecular formula is C17H20F3N3O3. The van der Waals surface area contributed by atoms with Crippen LogP contribution in [0.25, 0.3) is 11.0 Å². The Morgan fingerprint density at radius 2 is 2.27 bits per heavy atom. The Kier molecular flexibility index (Phi) is 5.47. The Bertz CT molecular complexity index is 783. The van der Waals surface area contributed by atoms with Gasteiger partial charge in [-0.15, -0.1) is 0 Å². The first-order chi connectivity index (χ1) is 12.3. The van der Waals surface area contributed by atoms with Crippen LogP contribution in [0, 0.1) is 0 Å². The average molecular weight is 371 g/mol. The van der Waals surface area contributed by atoms with Gasteiger partial charge in [-0.05, 0) is 31.0 Å². The Hall–Kier alpha value is -2.13. The number of nitrogens with one attached hydrogen (secondary N) is 1. The van der Waals surface area contributed by atoms with Gasteiger partial charge in [0.2, 0.25) is 5.91 Å². The normalized spacial score (nSPS) is 17.8. The maximum atomic E-state index is 12.8. The molecule has 142 valence electrons. The fourth-order valence-electron chi connectivity index (χ4n) is 2.87. The molecule has 26 heavy (non-hydrogen) atoms. The number of amides is 1. The summed E-state index contributed by atoms with van der Waals surface area (Å²) in [5, 5.41) is 2.66. The van der Waals surface area contributed by atoms with Gasteiger partial charge in [0.05, 0.1) is 35.9 Å². The summed E-state index contributed by atoms with van der Waals surface area (Å²) < 4.78 is 50.8. The standard InChI is InChI=1S/C17H20F3N3O3/c1-23-14-5-4-11(17(18,19)20)7-13(14)22-15(23)8-21-16(24)10-25-9-12-3-2-6-26-12/h4-5,7,12H,2-3,6,8-10H2,1H3,(H,21,24). The lowest BCUT2D eigenvalue weighted by Crippen LogP contribution is -2.29. The fourth-order valence-corrected chi connectivity index (χ4v) is 2.87. The van der Waals surface area contributed by atoms with Gasteiger partial charge in [-0.1, -0.05) is 0 Å². The Morgan fingerprint density at radius 1 is 1.46 bits per heavy atom. The fraction of sp³-hybridized carbons (Fsp3) is 0.529. The van der Waals surface area contributed by atoms with Crippen LogP contribution in [0.15, 0.2) is 18.2 Å². The van der Waals surface area contributed by atoms with Crippen LogP contribution in [0.2, 0.25) is 0 Å². The Balaban J connectivity index is 1.56. The summed E-state index contributed by atoms with van der Waals surface area (Å²) >= 11 is 0. The summed E-state index contributed by atoms with van der Waals surface area (Å²) in [6, 6.07) is 3.40. The molecule has 2 aromatic rings. The molecule has 1 unspecified atom stereocenters. The lowest BCUT2D eigenvalue weighted by molar-refractivity contribution is -0.137. The number of rotatable bonds is 6. The number of imidazole rings is 1. The predicted octanol–water partition coefficient (Wildman–Crippen LogP) is 2.40. The molecule has 3 rings (SSSR count). The summed E-state index contributed by atoms with van der Waals surface area (Å²) in [4.78, 5) is 16.0. The molecule has 1 aromatic carbocycles. The number of halogens is 3. The molecule has 1 amide bonds. The van der Waals surface area contributed by atoms with Crippen molar-refractivity contribution >= 4 is 16.9 Å². The summed E-state index contributed by atoms with van der Waals surface area (Å²) in [6.07, 6.45) is -2.43. The monoisotopic (exact) mass is 371 g/mol. The first-order valence-electron chi connectivity index (χ1n) is 8.33. The Labute approximate surface area is 148 Å². The van der Waals surface area contributed by atoms with Gasteiger partial charge < -0.3 is 19.4 Å². The third-order valence-electron chi connectivity index (χ3n) is 4.31. The van der Waals surface area contributed by atoms with Crippen molar-refractivity contribution in [3.05, 3.63) is 29.6 Å². The minimum absolute atomic E-state index is 0.0467. The molecule has 1 aromatic heterocycles. The molecule has 0 aliphatic carbocycles. The van der Waals surface area contributed by atoms with E-state index in [1.54, 1.807) is 11.6 Å². The minimum Gasteiger partial charge on any atom is -0.376 e. The second-order valence-corrected chi connectivity index (χ2v) is 6.22. The van der Waals surface area contributed by atoms with Crippen LogP contribution in [-0.2, 0) is 34.0 Å².